The number of likely N-dealkylation sites (tertiary alicyclic amines) is 2. The SMILES string of the molecule is CCCN1CCC(NC(=NC)NCC2CCN(Cc3nc(C)c(C)o3)CC2)CC1. The molecule has 1 aromatic heterocycles. The first kappa shape index (κ1) is 22.1. The molecule has 2 saturated heterocycles. The maximum atomic E-state index is 5.74. The lowest BCUT2D eigenvalue weighted by atomic mass is 9.97. The number of piperidine rings is 2. The molecule has 0 radical (unpaired) electrons. The standard InChI is InChI=1S/C22H40N6O/c1-5-10-27-13-8-20(9-14-27)26-22(23-4)24-15-19-6-11-28(12-7-19)16-21-25-17(2)18(3)29-21/h19-20H,5-16H2,1-4H3,(H2,23,24,26). The van der Waals surface area contributed by atoms with Gasteiger partial charge in [0.2, 0.25) is 5.89 Å². The fourth-order valence-electron chi connectivity index (χ4n) is 4.39. The average Bonchev–Trinajstić information content (AvgIpc) is 3.04. The van der Waals surface area contributed by atoms with Gasteiger partial charge in [-0.1, -0.05) is 6.92 Å². The fraction of sp³-hybridized carbons (Fsp3) is 0.818. The molecule has 7 nitrogen and oxygen atoms in total. The van der Waals surface area contributed by atoms with Gasteiger partial charge in [-0.2, -0.15) is 0 Å². The van der Waals surface area contributed by atoms with Gasteiger partial charge in [0.15, 0.2) is 5.96 Å². The lowest BCUT2D eigenvalue weighted by Gasteiger charge is -2.34. The summed E-state index contributed by atoms with van der Waals surface area (Å²) in [7, 11) is 1.88. The summed E-state index contributed by atoms with van der Waals surface area (Å²) < 4.78 is 5.74. The van der Waals surface area contributed by atoms with E-state index < -0.39 is 0 Å². The van der Waals surface area contributed by atoms with Crippen LogP contribution in [0.5, 0.6) is 0 Å². The molecule has 2 N–H and O–H groups in total. The molecule has 2 fully saturated rings. The minimum atomic E-state index is 0.545. The number of nitrogens with one attached hydrogen (secondary N) is 2. The minimum Gasteiger partial charge on any atom is -0.444 e. The molecule has 0 aromatic carbocycles. The van der Waals surface area contributed by atoms with E-state index in [-0.39, 0.29) is 0 Å². The molecule has 0 aliphatic carbocycles. The number of aryl methyl sites for hydroxylation is 2. The van der Waals surface area contributed by atoms with E-state index >= 15 is 0 Å². The van der Waals surface area contributed by atoms with Crippen molar-refractivity contribution in [2.75, 3.05) is 46.3 Å². The van der Waals surface area contributed by atoms with Crippen LogP contribution in [0.25, 0.3) is 0 Å². The van der Waals surface area contributed by atoms with Gasteiger partial charge >= 0.3 is 0 Å². The number of oxazole rings is 1. The van der Waals surface area contributed by atoms with Crippen molar-refractivity contribution in [2.45, 2.75) is 65.5 Å². The van der Waals surface area contributed by atoms with E-state index in [4.69, 9.17) is 4.42 Å². The Balaban J connectivity index is 1.33. The van der Waals surface area contributed by atoms with Crippen LogP contribution in [0.2, 0.25) is 0 Å². The molecular weight excluding hydrogens is 364 g/mol. The van der Waals surface area contributed by atoms with Gasteiger partial charge in [0.1, 0.15) is 5.76 Å². The van der Waals surface area contributed by atoms with Crippen molar-refractivity contribution in [3.63, 3.8) is 0 Å². The summed E-state index contributed by atoms with van der Waals surface area (Å²) in [5, 5.41) is 7.21. The lowest BCUT2D eigenvalue weighted by molar-refractivity contribution is 0.164. The Morgan fingerprint density at radius 2 is 1.79 bits per heavy atom. The molecule has 2 aliphatic rings. The van der Waals surface area contributed by atoms with Crippen molar-refractivity contribution in [1.82, 2.24) is 25.4 Å². The number of rotatable bonds is 7. The van der Waals surface area contributed by atoms with Crippen molar-refractivity contribution in [3.8, 4) is 0 Å². The van der Waals surface area contributed by atoms with E-state index in [0.29, 0.717) is 12.0 Å². The van der Waals surface area contributed by atoms with Crippen LogP contribution >= 0.6 is 0 Å². The van der Waals surface area contributed by atoms with Crippen molar-refractivity contribution in [2.24, 2.45) is 10.9 Å². The van der Waals surface area contributed by atoms with Gasteiger partial charge in [0, 0.05) is 32.7 Å². The first-order valence-corrected chi connectivity index (χ1v) is 11.4. The quantitative estimate of drug-likeness (QED) is 0.538. The van der Waals surface area contributed by atoms with Gasteiger partial charge in [0.25, 0.3) is 0 Å². The predicted molar refractivity (Wildman–Crippen MR) is 118 cm³/mol. The summed E-state index contributed by atoms with van der Waals surface area (Å²) in [6, 6.07) is 0.545. The van der Waals surface area contributed by atoms with Gasteiger partial charge < -0.3 is 20.0 Å². The Kier molecular flexibility index (Phi) is 8.36. The molecule has 2 aliphatic heterocycles. The van der Waals surface area contributed by atoms with E-state index in [9.17, 15) is 0 Å². The highest BCUT2D eigenvalue weighted by atomic mass is 16.4. The molecule has 0 spiro atoms. The molecule has 0 bridgehead atoms. The second kappa shape index (κ2) is 11.0. The Morgan fingerprint density at radius 3 is 2.38 bits per heavy atom. The third-order valence-corrected chi connectivity index (χ3v) is 6.39. The average molecular weight is 405 g/mol. The maximum absolute atomic E-state index is 5.74. The van der Waals surface area contributed by atoms with Crippen molar-refractivity contribution >= 4 is 5.96 Å². The van der Waals surface area contributed by atoms with Crippen molar-refractivity contribution in [1.29, 1.82) is 0 Å². The zero-order chi connectivity index (χ0) is 20.6. The largest absolute Gasteiger partial charge is 0.444 e. The molecule has 3 rings (SSSR count). The van der Waals surface area contributed by atoms with E-state index in [2.05, 4.69) is 37.3 Å². The summed E-state index contributed by atoms with van der Waals surface area (Å²) in [6.45, 7) is 13.9. The molecule has 0 atom stereocenters. The zero-order valence-electron chi connectivity index (χ0n) is 18.8. The number of aliphatic imine (C=N–C) groups is 1. The van der Waals surface area contributed by atoms with E-state index in [1.54, 1.807) is 0 Å². The van der Waals surface area contributed by atoms with E-state index in [1.807, 2.05) is 20.9 Å². The summed E-state index contributed by atoms with van der Waals surface area (Å²) in [5.41, 5.74) is 1.01. The molecule has 164 valence electrons. The van der Waals surface area contributed by atoms with Crippen LogP contribution in [0.3, 0.4) is 0 Å². The highest BCUT2D eigenvalue weighted by Gasteiger charge is 2.22. The van der Waals surface area contributed by atoms with Crippen molar-refractivity contribution in [3.05, 3.63) is 17.3 Å². The maximum Gasteiger partial charge on any atom is 0.208 e. The molecule has 3 heterocycles. The van der Waals surface area contributed by atoms with Crippen LogP contribution in [-0.2, 0) is 6.54 Å². The Bertz CT molecular complexity index is 622. The van der Waals surface area contributed by atoms with E-state index in [0.717, 1.165) is 49.5 Å². The first-order valence-electron chi connectivity index (χ1n) is 11.4. The highest BCUT2D eigenvalue weighted by Crippen LogP contribution is 2.19. The second-order valence-electron chi connectivity index (χ2n) is 8.68. The Morgan fingerprint density at radius 1 is 1.10 bits per heavy atom. The van der Waals surface area contributed by atoms with Crippen LogP contribution in [-0.4, -0.2) is 73.1 Å². The molecule has 0 unspecified atom stereocenters. The van der Waals surface area contributed by atoms with Gasteiger partial charge in [0.05, 0.1) is 12.2 Å². The normalized spacial score (nSPS) is 20.9. The van der Waals surface area contributed by atoms with Crippen LogP contribution in [0.1, 0.15) is 56.4 Å². The topological polar surface area (TPSA) is 68.9 Å². The van der Waals surface area contributed by atoms with Gasteiger partial charge in [-0.15, -0.1) is 0 Å². The van der Waals surface area contributed by atoms with Crippen LogP contribution in [0, 0.1) is 19.8 Å². The Labute approximate surface area is 176 Å². The number of nitrogens with zero attached hydrogens (tertiary/aromatic N) is 4. The third kappa shape index (κ3) is 6.71. The number of guanidine groups is 1. The second-order valence-corrected chi connectivity index (χ2v) is 8.68. The van der Waals surface area contributed by atoms with Gasteiger partial charge in [-0.3, -0.25) is 9.89 Å². The smallest absolute Gasteiger partial charge is 0.208 e. The minimum absolute atomic E-state index is 0.545. The molecule has 0 saturated carbocycles. The number of hydrogen-bond donors (Lipinski definition) is 2. The van der Waals surface area contributed by atoms with Gasteiger partial charge in [-0.25, -0.2) is 4.98 Å². The fourth-order valence-corrected chi connectivity index (χ4v) is 4.39. The van der Waals surface area contributed by atoms with Crippen LogP contribution in [0.4, 0.5) is 0 Å². The summed E-state index contributed by atoms with van der Waals surface area (Å²) >= 11 is 0. The first-order chi connectivity index (χ1) is 14.1. The van der Waals surface area contributed by atoms with Crippen molar-refractivity contribution < 1.29 is 4.42 Å². The number of aromatic nitrogens is 1. The Hall–Kier alpha value is -1.60. The van der Waals surface area contributed by atoms with Crippen LogP contribution < -0.4 is 10.6 Å². The summed E-state index contributed by atoms with van der Waals surface area (Å²) in [4.78, 5) is 14.0. The molecule has 7 heteroatoms. The van der Waals surface area contributed by atoms with E-state index in [1.165, 1.54) is 51.7 Å². The zero-order valence-corrected chi connectivity index (χ0v) is 18.8. The third-order valence-electron chi connectivity index (χ3n) is 6.39. The molecule has 1 aromatic rings. The lowest BCUT2D eigenvalue weighted by Crippen LogP contribution is -2.50. The predicted octanol–water partition coefficient (Wildman–Crippen LogP) is 2.54. The molecular formula is C22H40N6O. The molecule has 29 heavy (non-hydrogen) atoms. The molecule has 0 amide bonds. The van der Waals surface area contributed by atoms with Crippen LogP contribution in [0.15, 0.2) is 9.41 Å². The highest BCUT2D eigenvalue weighted by molar-refractivity contribution is 5.79. The monoisotopic (exact) mass is 404 g/mol. The summed E-state index contributed by atoms with van der Waals surface area (Å²) in [5.74, 6) is 3.46. The van der Waals surface area contributed by atoms with Gasteiger partial charge in [-0.05, 0) is 71.5 Å². The summed E-state index contributed by atoms with van der Waals surface area (Å²) in [6.07, 6.45) is 6.07. The number of hydrogen-bond acceptors (Lipinski definition) is 5.